The number of sulfonamides is 1. The zero-order valence-electron chi connectivity index (χ0n) is 16.8. The molecule has 30 heavy (non-hydrogen) atoms. The lowest BCUT2D eigenvalue weighted by Crippen LogP contribution is -2.42. The van der Waals surface area contributed by atoms with Crippen LogP contribution in [0.5, 0.6) is 0 Å². The van der Waals surface area contributed by atoms with E-state index in [0.717, 1.165) is 11.3 Å². The van der Waals surface area contributed by atoms with E-state index in [2.05, 4.69) is 5.32 Å². The van der Waals surface area contributed by atoms with Gasteiger partial charge in [-0.3, -0.25) is 9.59 Å². The van der Waals surface area contributed by atoms with Gasteiger partial charge < -0.3 is 10.2 Å². The highest BCUT2D eigenvalue weighted by molar-refractivity contribution is 7.91. The van der Waals surface area contributed by atoms with Gasteiger partial charge in [-0.1, -0.05) is 11.6 Å². The van der Waals surface area contributed by atoms with Crippen LogP contribution in [-0.4, -0.2) is 55.1 Å². The number of amides is 2. The predicted octanol–water partition coefficient (Wildman–Crippen LogP) is 3.68. The van der Waals surface area contributed by atoms with E-state index < -0.39 is 16.1 Å². The summed E-state index contributed by atoms with van der Waals surface area (Å²) in [6.45, 7) is 5.36. The van der Waals surface area contributed by atoms with Crippen molar-refractivity contribution in [3.63, 3.8) is 0 Å². The van der Waals surface area contributed by atoms with Crippen LogP contribution in [0.4, 0.5) is 5.69 Å². The summed E-state index contributed by atoms with van der Waals surface area (Å²) in [6, 6.07) is 8.84. The van der Waals surface area contributed by atoms with Crippen LogP contribution in [0.15, 0.2) is 40.6 Å². The number of nitrogens with zero attached hydrogens (tertiary/aromatic N) is 2. The van der Waals surface area contributed by atoms with Crippen molar-refractivity contribution in [3.8, 4) is 0 Å². The van der Waals surface area contributed by atoms with Crippen molar-refractivity contribution >= 4 is 50.5 Å². The smallest absolute Gasteiger partial charge is 0.253 e. The number of halogens is 1. The Balaban J connectivity index is 1.71. The molecule has 1 fully saturated rings. The lowest BCUT2D eigenvalue weighted by Gasteiger charge is -2.23. The van der Waals surface area contributed by atoms with Crippen molar-refractivity contribution in [1.29, 1.82) is 0 Å². The maximum absolute atomic E-state index is 12.9. The van der Waals surface area contributed by atoms with E-state index in [1.54, 1.807) is 29.2 Å². The van der Waals surface area contributed by atoms with Crippen molar-refractivity contribution < 1.29 is 18.0 Å². The first-order chi connectivity index (χ1) is 14.3. The van der Waals surface area contributed by atoms with Gasteiger partial charge in [-0.15, -0.1) is 11.3 Å². The van der Waals surface area contributed by atoms with Gasteiger partial charge in [-0.25, -0.2) is 8.42 Å². The average Bonchev–Trinajstić information content (AvgIpc) is 3.39. The molecule has 10 heteroatoms. The number of nitrogens with one attached hydrogen (secondary N) is 1. The topological polar surface area (TPSA) is 86.8 Å². The standard InChI is InChI=1S/C20H24ClN3O4S2/c1-3-23(4-2)20(26)14-7-9-15(10-8-14)22-19(25)16-6-5-13-24(16)30(27,28)18-12-11-17(21)29-18/h7-12,16H,3-6,13H2,1-2H3,(H,22,25). The summed E-state index contributed by atoms with van der Waals surface area (Å²) in [7, 11) is -3.78. The molecule has 1 N–H and O–H groups in total. The fourth-order valence-corrected chi connectivity index (χ4v) is 6.73. The van der Waals surface area contributed by atoms with E-state index in [-0.39, 0.29) is 22.6 Å². The van der Waals surface area contributed by atoms with Crippen LogP contribution >= 0.6 is 22.9 Å². The maximum Gasteiger partial charge on any atom is 0.253 e. The van der Waals surface area contributed by atoms with Gasteiger partial charge in [-0.2, -0.15) is 4.31 Å². The predicted molar refractivity (Wildman–Crippen MR) is 119 cm³/mol. The van der Waals surface area contributed by atoms with Crippen LogP contribution < -0.4 is 5.32 Å². The van der Waals surface area contributed by atoms with E-state index in [4.69, 9.17) is 11.6 Å². The highest BCUT2D eigenvalue weighted by Gasteiger charge is 2.40. The Morgan fingerprint density at radius 1 is 1.17 bits per heavy atom. The molecule has 3 rings (SSSR count). The molecule has 1 unspecified atom stereocenters. The van der Waals surface area contributed by atoms with E-state index >= 15 is 0 Å². The summed E-state index contributed by atoms with van der Waals surface area (Å²) in [6.07, 6.45) is 1.05. The van der Waals surface area contributed by atoms with Gasteiger partial charge in [0.25, 0.3) is 15.9 Å². The first-order valence-corrected chi connectivity index (χ1v) is 12.4. The molecular formula is C20H24ClN3O4S2. The lowest BCUT2D eigenvalue weighted by molar-refractivity contribution is -0.119. The first kappa shape index (κ1) is 22.7. The highest BCUT2D eigenvalue weighted by atomic mass is 35.5. The molecule has 1 aromatic heterocycles. The van der Waals surface area contributed by atoms with Crippen LogP contribution in [0, 0.1) is 0 Å². The molecule has 1 saturated heterocycles. The Morgan fingerprint density at radius 2 is 1.83 bits per heavy atom. The third-order valence-electron chi connectivity index (χ3n) is 5.07. The van der Waals surface area contributed by atoms with Gasteiger partial charge in [0.05, 0.1) is 4.34 Å². The zero-order valence-corrected chi connectivity index (χ0v) is 19.2. The van der Waals surface area contributed by atoms with Crippen molar-refractivity contribution in [3.05, 3.63) is 46.3 Å². The van der Waals surface area contributed by atoms with Crippen LogP contribution in [0.25, 0.3) is 0 Å². The Morgan fingerprint density at radius 3 is 2.40 bits per heavy atom. The molecule has 2 heterocycles. The van der Waals surface area contributed by atoms with Crippen molar-refractivity contribution in [1.82, 2.24) is 9.21 Å². The average molecular weight is 470 g/mol. The number of carbonyl (C=O) groups is 2. The van der Waals surface area contributed by atoms with E-state index in [0.29, 0.717) is 41.5 Å². The monoisotopic (exact) mass is 469 g/mol. The molecule has 2 amide bonds. The van der Waals surface area contributed by atoms with Crippen LogP contribution in [0.1, 0.15) is 37.0 Å². The Kier molecular flexibility index (Phi) is 7.18. The zero-order chi connectivity index (χ0) is 21.9. The third kappa shape index (κ3) is 4.69. The van der Waals surface area contributed by atoms with Crippen LogP contribution in [0.3, 0.4) is 0 Å². The quantitative estimate of drug-likeness (QED) is 0.670. The number of carbonyl (C=O) groups excluding carboxylic acids is 2. The Bertz CT molecular complexity index is 1020. The summed E-state index contributed by atoms with van der Waals surface area (Å²) < 4.78 is 27.6. The second-order valence-electron chi connectivity index (χ2n) is 6.88. The van der Waals surface area contributed by atoms with Crippen LogP contribution in [-0.2, 0) is 14.8 Å². The second kappa shape index (κ2) is 9.47. The van der Waals surface area contributed by atoms with E-state index in [1.165, 1.54) is 16.4 Å². The molecule has 162 valence electrons. The number of hydrogen-bond donors (Lipinski definition) is 1. The normalized spacial score (nSPS) is 17.1. The molecule has 7 nitrogen and oxygen atoms in total. The largest absolute Gasteiger partial charge is 0.339 e. The minimum absolute atomic E-state index is 0.0689. The molecule has 1 aromatic carbocycles. The van der Waals surface area contributed by atoms with Gasteiger partial charge in [0, 0.05) is 30.9 Å². The molecule has 2 aromatic rings. The van der Waals surface area contributed by atoms with Crippen LogP contribution in [0.2, 0.25) is 4.34 Å². The SMILES string of the molecule is CCN(CC)C(=O)c1ccc(NC(=O)C2CCCN2S(=O)(=O)c2ccc(Cl)s2)cc1. The van der Waals surface area contributed by atoms with Gasteiger partial charge in [0.15, 0.2) is 0 Å². The number of anilines is 1. The Hall–Kier alpha value is -1.94. The molecular weight excluding hydrogens is 446 g/mol. The summed E-state index contributed by atoms with van der Waals surface area (Å²) in [5.41, 5.74) is 1.05. The first-order valence-electron chi connectivity index (χ1n) is 9.75. The van der Waals surface area contributed by atoms with Gasteiger partial charge in [-0.05, 0) is 63.1 Å². The van der Waals surface area contributed by atoms with Crippen molar-refractivity contribution in [2.24, 2.45) is 0 Å². The summed E-state index contributed by atoms with van der Waals surface area (Å²) in [4.78, 5) is 26.9. The molecule has 0 bridgehead atoms. The highest BCUT2D eigenvalue weighted by Crippen LogP contribution is 2.32. The fraction of sp³-hybridized carbons (Fsp3) is 0.400. The minimum Gasteiger partial charge on any atom is -0.339 e. The molecule has 0 spiro atoms. The van der Waals surface area contributed by atoms with Gasteiger partial charge >= 0.3 is 0 Å². The molecule has 0 saturated carbocycles. The maximum atomic E-state index is 12.9. The van der Waals surface area contributed by atoms with Crippen molar-refractivity contribution in [2.45, 2.75) is 36.9 Å². The molecule has 1 aliphatic rings. The minimum atomic E-state index is -3.78. The summed E-state index contributed by atoms with van der Waals surface area (Å²) in [5.74, 6) is -0.456. The van der Waals surface area contributed by atoms with Crippen molar-refractivity contribution in [2.75, 3.05) is 25.0 Å². The lowest BCUT2D eigenvalue weighted by atomic mass is 10.1. The molecule has 1 atom stereocenters. The fourth-order valence-electron chi connectivity index (χ4n) is 3.46. The number of benzene rings is 1. The summed E-state index contributed by atoms with van der Waals surface area (Å²) >= 11 is 6.86. The number of thiophene rings is 1. The van der Waals surface area contributed by atoms with Gasteiger partial charge in [0.1, 0.15) is 10.3 Å². The number of hydrogen-bond acceptors (Lipinski definition) is 5. The van der Waals surface area contributed by atoms with E-state index in [9.17, 15) is 18.0 Å². The van der Waals surface area contributed by atoms with Gasteiger partial charge in [0.2, 0.25) is 5.91 Å². The molecule has 1 aliphatic heterocycles. The summed E-state index contributed by atoms with van der Waals surface area (Å²) in [5, 5.41) is 2.77. The Labute approximate surface area is 185 Å². The third-order valence-corrected chi connectivity index (χ3v) is 8.67. The molecule has 0 radical (unpaired) electrons. The second-order valence-corrected chi connectivity index (χ2v) is 10.7. The molecule has 0 aliphatic carbocycles. The number of rotatable bonds is 7. The van der Waals surface area contributed by atoms with E-state index in [1.807, 2.05) is 13.8 Å².